The van der Waals surface area contributed by atoms with Crippen LogP contribution in [0.4, 0.5) is 0 Å². The van der Waals surface area contributed by atoms with Gasteiger partial charge in [-0.1, -0.05) is 0 Å². The third kappa shape index (κ3) is 1.92. The van der Waals surface area contributed by atoms with Crippen LogP contribution in [-0.4, -0.2) is 22.7 Å². The molecule has 0 saturated carbocycles. The van der Waals surface area contributed by atoms with Gasteiger partial charge >= 0.3 is 0 Å². The summed E-state index contributed by atoms with van der Waals surface area (Å²) in [5.41, 5.74) is 2.75. The first-order chi connectivity index (χ1) is 6.40. The second-order valence-electron chi connectivity index (χ2n) is 3.63. The summed E-state index contributed by atoms with van der Waals surface area (Å²) >= 11 is 0. The van der Waals surface area contributed by atoms with E-state index in [4.69, 9.17) is 5.11 Å². The predicted molar refractivity (Wildman–Crippen MR) is 51.4 cm³/mol. The molecule has 0 aliphatic carbocycles. The smallest absolute Gasteiger partial charge is 0.0431 e. The van der Waals surface area contributed by atoms with Crippen LogP contribution >= 0.6 is 0 Å². The summed E-state index contributed by atoms with van der Waals surface area (Å²) < 4.78 is 0. The van der Waals surface area contributed by atoms with Crippen molar-refractivity contribution in [2.45, 2.75) is 31.8 Å². The highest BCUT2D eigenvalue weighted by Gasteiger charge is 2.17. The summed E-state index contributed by atoms with van der Waals surface area (Å²) in [6.07, 6.45) is 5.03. The number of fused-ring (bicyclic) bond motifs is 1. The van der Waals surface area contributed by atoms with Crippen LogP contribution in [-0.2, 0) is 13.0 Å². The first kappa shape index (κ1) is 8.78. The van der Waals surface area contributed by atoms with E-state index in [1.54, 1.807) is 0 Å². The molecule has 1 aliphatic heterocycles. The Kier molecular flexibility index (Phi) is 2.66. The lowest BCUT2D eigenvalue weighted by atomic mass is 9.99. The lowest BCUT2D eigenvalue weighted by Crippen LogP contribution is -2.35. The normalized spacial score (nSPS) is 21.5. The zero-order valence-electron chi connectivity index (χ0n) is 7.71. The summed E-state index contributed by atoms with van der Waals surface area (Å²) in [5, 5.41) is 12.2. The average Bonchev–Trinajstić information content (AvgIpc) is 2.61. The van der Waals surface area contributed by atoms with Crippen molar-refractivity contribution in [2.24, 2.45) is 0 Å². The summed E-state index contributed by atoms with van der Waals surface area (Å²) in [4.78, 5) is 3.26. The number of nitrogens with one attached hydrogen (secondary N) is 2. The Morgan fingerprint density at radius 3 is 3.31 bits per heavy atom. The van der Waals surface area contributed by atoms with Gasteiger partial charge in [0.2, 0.25) is 0 Å². The third-order valence-electron chi connectivity index (χ3n) is 2.67. The van der Waals surface area contributed by atoms with E-state index >= 15 is 0 Å². The third-order valence-corrected chi connectivity index (χ3v) is 2.67. The van der Waals surface area contributed by atoms with Gasteiger partial charge in [-0.25, -0.2) is 0 Å². The SMILES string of the molecule is OCCCC1Cc2[nH]ccc2CN1. The lowest BCUT2D eigenvalue weighted by Gasteiger charge is -2.23. The van der Waals surface area contributed by atoms with Crippen LogP contribution in [0.1, 0.15) is 24.1 Å². The molecule has 0 radical (unpaired) electrons. The minimum absolute atomic E-state index is 0.301. The molecule has 0 bridgehead atoms. The van der Waals surface area contributed by atoms with Crippen LogP contribution < -0.4 is 5.32 Å². The summed E-state index contributed by atoms with van der Waals surface area (Å²) in [6.45, 7) is 1.27. The van der Waals surface area contributed by atoms with Crippen molar-refractivity contribution < 1.29 is 5.11 Å². The molecule has 13 heavy (non-hydrogen) atoms. The minimum atomic E-state index is 0.301. The van der Waals surface area contributed by atoms with Crippen molar-refractivity contribution in [2.75, 3.05) is 6.61 Å². The summed E-state index contributed by atoms with van der Waals surface area (Å²) in [6, 6.07) is 2.67. The molecule has 1 atom stereocenters. The van der Waals surface area contributed by atoms with Gasteiger partial charge in [0, 0.05) is 37.5 Å². The van der Waals surface area contributed by atoms with Gasteiger partial charge in [-0.15, -0.1) is 0 Å². The maximum absolute atomic E-state index is 8.72. The maximum Gasteiger partial charge on any atom is 0.0431 e. The van der Waals surface area contributed by atoms with Gasteiger partial charge in [-0.2, -0.15) is 0 Å². The Morgan fingerprint density at radius 1 is 1.54 bits per heavy atom. The predicted octanol–water partition coefficient (Wildman–Crippen LogP) is 0.801. The Balaban J connectivity index is 1.93. The number of aromatic nitrogens is 1. The summed E-state index contributed by atoms with van der Waals surface area (Å²) in [5.74, 6) is 0. The number of aliphatic hydroxyl groups is 1. The highest BCUT2D eigenvalue weighted by molar-refractivity contribution is 5.23. The van der Waals surface area contributed by atoms with Gasteiger partial charge in [0.05, 0.1) is 0 Å². The number of aromatic amines is 1. The minimum Gasteiger partial charge on any atom is -0.396 e. The van der Waals surface area contributed by atoms with Crippen LogP contribution in [0.25, 0.3) is 0 Å². The largest absolute Gasteiger partial charge is 0.396 e. The molecule has 3 N–H and O–H groups in total. The van der Waals surface area contributed by atoms with E-state index in [1.165, 1.54) is 11.3 Å². The Labute approximate surface area is 78.2 Å². The van der Waals surface area contributed by atoms with E-state index in [1.807, 2.05) is 6.20 Å². The van der Waals surface area contributed by atoms with Crippen LogP contribution in [0, 0.1) is 0 Å². The second kappa shape index (κ2) is 3.94. The molecule has 0 aromatic carbocycles. The molecule has 0 spiro atoms. The molecule has 1 unspecified atom stereocenters. The summed E-state index contributed by atoms with van der Waals surface area (Å²) in [7, 11) is 0. The molecule has 0 saturated heterocycles. The molecular formula is C10H16N2O. The zero-order valence-corrected chi connectivity index (χ0v) is 7.71. The number of H-pyrrole nitrogens is 1. The van der Waals surface area contributed by atoms with Crippen LogP contribution in [0.2, 0.25) is 0 Å². The van der Waals surface area contributed by atoms with Gasteiger partial charge < -0.3 is 15.4 Å². The van der Waals surface area contributed by atoms with Crippen molar-refractivity contribution in [1.82, 2.24) is 10.3 Å². The molecule has 1 aromatic rings. The fourth-order valence-electron chi connectivity index (χ4n) is 1.91. The van der Waals surface area contributed by atoms with E-state index < -0.39 is 0 Å². The number of hydrogen-bond donors (Lipinski definition) is 3. The van der Waals surface area contributed by atoms with Crippen molar-refractivity contribution in [1.29, 1.82) is 0 Å². The van der Waals surface area contributed by atoms with Gasteiger partial charge in [-0.3, -0.25) is 0 Å². The molecule has 1 aromatic heterocycles. The van der Waals surface area contributed by atoms with E-state index in [2.05, 4.69) is 16.4 Å². The van der Waals surface area contributed by atoms with E-state index in [0.717, 1.165) is 25.8 Å². The number of rotatable bonds is 3. The Bertz CT molecular complexity index is 270. The monoisotopic (exact) mass is 180 g/mol. The highest BCUT2D eigenvalue weighted by Crippen LogP contribution is 2.16. The van der Waals surface area contributed by atoms with Gasteiger partial charge in [0.15, 0.2) is 0 Å². The van der Waals surface area contributed by atoms with Crippen LogP contribution in [0.15, 0.2) is 12.3 Å². The standard InChI is InChI=1S/C10H16N2O/c13-5-1-2-9-6-10-8(7-12-9)3-4-11-10/h3-4,9,11-13H,1-2,5-7H2. The molecular weight excluding hydrogens is 164 g/mol. The Hall–Kier alpha value is -0.800. The first-order valence-electron chi connectivity index (χ1n) is 4.89. The van der Waals surface area contributed by atoms with Crippen molar-refractivity contribution in [3.63, 3.8) is 0 Å². The van der Waals surface area contributed by atoms with E-state index in [0.29, 0.717) is 12.6 Å². The fourth-order valence-corrected chi connectivity index (χ4v) is 1.91. The molecule has 3 nitrogen and oxygen atoms in total. The lowest BCUT2D eigenvalue weighted by molar-refractivity contribution is 0.272. The van der Waals surface area contributed by atoms with Crippen molar-refractivity contribution in [3.05, 3.63) is 23.5 Å². The molecule has 0 amide bonds. The number of aliphatic hydroxyl groups excluding tert-OH is 1. The average molecular weight is 180 g/mol. The second-order valence-corrected chi connectivity index (χ2v) is 3.63. The molecule has 0 fully saturated rings. The first-order valence-corrected chi connectivity index (χ1v) is 4.89. The van der Waals surface area contributed by atoms with Crippen molar-refractivity contribution in [3.8, 4) is 0 Å². The van der Waals surface area contributed by atoms with Gasteiger partial charge in [-0.05, 0) is 24.5 Å². The van der Waals surface area contributed by atoms with E-state index in [-0.39, 0.29) is 0 Å². The van der Waals surface area contributed by atoms with Gasteiger partial charge in [0.1, 0.15) is 0 Å². The molecule has 2 heterocycles. The molecule has 2 rings (SSSR count). The molecule has 3 heteroatoms. The van der Waals surface area contributed by atoms with E-state index in [9.17, 15) is 0 Å². The quantitative estimate of drug-likeness (QED) is 0.644. The van der Waals surface area contributed by atoms with Crippen LogP contribution in [0.5, 0.6) is 0 Å². The number of hydrogen-bond acceptors (Lipinski definition) is 2. The Morgan fingerprint density at radius 2 is 2.46 bits per heavy atom. The van der Waals surface area contributed by atoms with Gasteiger partial charge in [0.25, 0.3) is 0 Å². The molecule has 1 aliphatic rings. The van der Waals surface area contributed by atoms with Crippen molar-refractivity contribution >= 4 is 0 Å². The van der Waals surface area contributed by atoms with Crippen LogP contribution in [0.3, 0.4) is 0 Å². The maximum atomic E-state index is 8.72. The highest BCUT2D eigenvalue weighted by atomic mass is 16.2. The zero-order chi connectivity index (χ0) is 9.10. The fraction of sp³-hybridized carbons (Fsp3) is 0.600. The molecule has 72 valence electrons. The topological polar surface area (TPSA) is 48.0 Å².